The van der Waals surface area contributed by atoms with Gasteiger partial charge in [0.1, 0.15) is 6.61 Å². The maximum atomic E-state index is 11.0. The minimum atomic E-state index is -0.0897. The molecule has 0 fully saturated rings. The highest BCUT2D eigenvalue weighted by molar-refractivity contribution is 5.77. The predicted molar refractivity (Wildman–Crippen MR) is 54.9 cm³/mol. The summed E-state index contributed by atoms with van der Waals surface area (Å²) in [6.07, 6.45) is 0. The second-order valence-corrected chi connectivity index (χ2v) is 3.20. The average molecular weight is 193 g/mol. The zero-order valence-corrected chi connectivity index (χ0v) is 8.54. The van der Waals surface area contributed by atoms with E-state index in [1.54, 1.807) is 0 Å². The first-order valence-electron chi connectivity index (χ1n) is 4.53. The number of amides is 1. The van der Waals surface area contributed by atoms with Crippen LogP contribution in [0.1, 0.15) is 11.1 Å². The van der Waals surface area contributed by atoms with E-state index >= 15 is 0 Å². The van der Waals surface area contributed by atoms with Gasteiger partial charge in [-0.25, -0.2) is 0 Å². The Labute approximate surface area is 84.1 Å². The van der Waals surface area contributed by atoms with Crippen molar-refractivity contribution in [3.05, 3.63) is 35.4 Å². The van der Waals surface area contributed by atoms with Crippen molar-refractivity contribution in [1.82, 2.24) is 5.32 Å². The predicted octanol–water partition coefficient (Wildman–Crippen LogP) is 1.26. The summed E-state index contributed by atoms with van der Waals surface area (Å²) in [5.41, 5.74) is 2.32. The smallest absolute Gasteiger partial charge is 0.246 e. The van der Waals surface area contributed by atoms with Gasteiger partial charge < -0.3 is 10.1 Å². The summed E-state index contributed by atoms with van der Waals surface area (Å²) < 4.78 is 4.70. The number of rotatable bonds is 4. The number of ether oxygens (including phenoxy) is 1. The summed E-state index contributed by atoms with van der Waals surface area (Å²) in [7, 11) is 1.51. The van der Waals surface area contributed by atoms with Crippen LogP contribution in [0.5, 0.6) is 0 Å². The molecule has 0 atom stereocenters. The topological polar surface area (TPSA) is 38.3 Å². The van der Waals surface area contributed by atoms with E-state index in [2.05, 4.69) is 5.32 Å². The third-order valence-corrected chi connectivity index (χ3v) is 1.89. The molecule has 1 aromatic rings. The number of carbonyl (C=O) groups excluding carboxylic acids is 1. The molecule has 76 valence electrons. The molecule has 0 saturated heterocycles. The van der Waals surface area contributed by atoms with Crippen LogP contribution in [0.3, 0.4) is 0 Å². The van der Waals surface area contributed by atoms with Gasteiger partial charge in [-0.2, -0.15) is 0 Å². The Hall–Kier alpha value is -1.35. The van der Waals surface area contributed by atoms with Gasteiger partial charge in [0.05, 0.1) is 0 Å². The highest BCUT2D eigenvalue weighted by Crippen LogP contribution is 2.02. The lowest BCUT2D eigenvalue weighted by molar-refractivity contribution is -0.124. The highest BCUT2D eigenvalue weighted by Gasteiger charge is 1.98. The first-order chi connectivity index (χ1) is 6.72. The fraction of sp³-hybridized carbons (Fsp3) is 0.364. The molecule has 0 spiro atoms. The van der Waals surface area contributed by atoms with Crippen LogP contribution in [0.2, 0.25) is 0 Å². The lowest BCUT2D eigenvalue weighted by Crippen LogP contribution is -2.26. The van der Waals surface area contributed by atoms with Crippen LogP contribution in [-0.4, -0.2) is 19.6 Å². The van der Waals surface area contributed by atoms with Gasteiger partial charge in [-0.05, 0) is 12.5 Å². The molecule has 0 aliphatic heterocycles. The van der Waals surface area contributed by atoms with Crippen molar-refractivity contribution in [3.63, 3.8) is 0 Å². The number of aryl methyl sites for hydroxylation is 1. The first-order valence-corrected chi connectivity index (χ1v) is 4.53. The van der Waals surface area contributed by atoms with E-state index in [9.17, 15) is 4.79 Å². The zero-order valence-electron chi connectivity index (χ0n) is 8.54. The highest BCUT2D eigenvalue weighted by atomic mass is 16.5. The van der Waals surface area contributed by atoms with Crippen molar-refractivity contribution >= 4 is 5.91 Å². The van der Waals surface area contributed by atoms with Crippen molar-refractivity contribution in [3.8, 4) is 0 Å². The molecular formula is C11H15NO2. The standard InChI is InChI=1S/C11H15NO2/c1-9-3-5-10(6-4-9)7-12-11(13)8-14-2/h3-6H,7-8H2,1-2H3,(H,12,13). The molecule has 1 aromatic carbocycles. The summed E-state index contributed by atoms with van der Waals surface area (Å²) >= 11 is 0. The van der Waals surface area contributed by atoms with Crippen molar-refractivity contribution in [2.24, 2.45) is 0 Å². The molecule has 0 unspecified atom stereocenters. The van der Waals surface area contributed by atoms with Gasteiger partial charge in [-0.15, -0.1) is 0 Å². The molecule has 0 aromatic heterocycles. The fourth-order valence-electron chi connectivity index (χ4n) is 1.09. The maximum Gasteiger partial charge on any atom is 0.246 e. The Morgan fingerprint density at radius 1 is 1.36 bits per heavy atom. The molecule has 1 N–H and O–H groups in total. The monoisotopic (exact) mass is 193 g/mol. The SMILES string of the molecule is COCC(=O)NCc1ccc(C)cc1. The zero-order chi connectivity index (χ0) is 10.4. The van der Waals surface area contributed by atoms with Gasteiger partial charge >= 0.3 is 0 Å². The third kappa shape index (κ3) is 3.58. The molecule has 0 bridgehead atoms. The molecule has 0 heterocycles. The summed E-state index contributed by atoms with van der Waals surface area (Å²) in [6.45, 7) is 2.71. The molecule has 3 heteroatoms. The Morgan fingerprint density at radius 2 is 2.00 bits per heavy atom. The Kier molecular flexibility index (Phi) is 4.13. The minimum Gasteiger partial charge on any atom is -0.375 e. The van der Waals surface area contributed by atoms with E-state index in [1.807, 2.05) is 31.2 Å². The van der Waals surface area contributed by atoms with E-state index in [-0.39, 0.29) is 12.5 Å². The van der Waals surface area contributed by atoms with Crippen LogP contribution in [0.25, 0.3) is 0 Å². The normalized spacial score (nSPS) is 9.86. The number of hydrogen-bond acceptors (Lipinski definition) is 2. The van der Waals surface area contributed by atoms with Crippen LogP contribution in [-0.2, 0) is 16.1 Å². The summed E-state index contributed by atoms with van der Waals surface area (Å²) in [6, 6.07) is 8.06. The van der Waals surface area contributed by atoms with Crippen LogP contribution in [0.15, 0.2) is 24.3 Å². The largest absolute Gasteiger partial charge is 0.375 e. The molecule has 0 saturated carbocycles. The number of methoxy groups -OCH3 is 1. The van der Waals surface area contributed by atoms with E-state index in [4.69, 9.17) is 4.74 Å². The van der Waals surface area contributed by atoms with Gasteiger partial charge in [0.15, 0.2) is 0 Å². The van der Waals surface area contributed by atoms with Crippen LogP contribution >= 0.6 is 0 Å². The van der Waals surface area contributed by atoms with E-state index in [1.165, 1.54) is 12.7 Å². The molecule has 14 heavy (non-hydrogen) atoms. The van der Waals surface area contributed by atoms with E-state index < -0.39 is 0 Å². The summed E-state index contributed by atoms with van der Waals surface area (Å²) in [5.74, 6) is -0.0897. The molecule has 1 rings (SSSR count). The summed E-state index contributed by atoms with van der Waals surface area (Å²) in [5, 5.41) is 2.76. The lowest BCUT2D eigenvalue weighted by Gasteiger charge is -2.04. The number of nitrogens with one attached hydrogen (secondary N) is 1. The third-order valence-electron chi connectivity index (χ3n) is 1.89. The van der Waals surface area contributed by atoms with Crippen molar-refractivity contribution in [2.45, 2.75) is 13.5 Å². The molecule has 3 nitrogen and oxygen atoms in total. The van der Waals surface area contributed by atoms with Crippen LogP contribution in [0, 0.1) is 6.92 Å². The Balaban J connectivity index is 2.38. The van der Waals surface area contributed by atoms with Gasteiger partial charge in [-0.1, -0.05) is 29.8 Å². The van der Waals surface area contributed by atoms with Crippen molar-refractivity contribution in [1.29, 1.82) is 0 Å². The van der Waals surface area contributed by atoms with Gasteiger partial charge in [0.25, 0.3) is 0 Å². The molecule has 0 radical (unpaired) electrons. The minimum absolute atomic E-state index is 0.0897. The fourth-order valence-corrected chi connectivity index (χ4v) is 1.09. The maximum absolute atomic E-state index is 11.0. The van der Waals surface area contributed by atoms with E-state index in [0.717, 1.165) is 5.56 Å². The number of hydrogen-bond donors (Lipinski definition) is 1. The van der Waals surface area contributed by atoms with Crippen molar-refractivity contribution < 1.29 is 9.53 Å². The lowest BCUT2D eigenvalue weighted by atomic mass is 10.1. The average Bonchev–Trinajstić information content (AvgIpc) is 2.17. The van der Waals surface area contributed by atoms with Gasteiger partial charge in [0, 0.05) is 13.7 Å². The van der Waals surface area contributed by atoms with Crippen LogP contribution in [0.4, 0.5) is 0 Å². The van der Waals surface area contributed by atoms with Gasteiger partial charge in [0.2, 0.25) is 5.91 Å². The molecular weight excluding hydrogens is 178 g/mol. The second-order valence-electron chi connectivity index (χ2n) is 3.20. The number of carbonyl (C=O) groups is 1. The number of benzene rings is 1. The molecule has 0 aliphatic rings. The van der Waals surface area contributed by atoms with Crippen molar-refractivity contribution in [2.75, 3.05) is 13.7 Å². The van der Waals surface area contributed by atoms with Gasteiger partial charge in [-0.3, -0.25) is 4.79 Å². The van der Waals surface area contributed by atoms with Crippen LogP contribution < -0.4 is 5.32 Å². The Morgan fingerprint density at radius 3 is 2.57 bits per heavy atom. The quantitative estimate of drug-likeness (QED) is 0.781. The molecule has 1 amide bonds. The first kappa shape index (κ1) is 10.7. The van der Waals surface area contributed by atoms with E-state index in [0.29, 0.717) is 6.54 Å². The second kappa shape index (κ2) is 5.40. The Bertz CT molecular complexity index is 293. The summed E-state index contributed by atoms with van der Waals surface area (Å²) in [4.78, 5) is 11.0. The molecule has 0 aliphatic carbocycles.